The Morgan fingerprint density at radius 1 is 1.21 bits per heavy atom. The van der Waals surface area contributed by atoms with Gasteiger partial charge in [-0.2, -0.15) is 0 Å². The van der Waals surface area contributed by atoms with Crippen LogP contribution in [0, 0.1) is 11.7 Å². The van der Waals surface area contributed by atoms with Gasteiger partial charge in [0.1, 0.15) is 5.82 Å². The van der Waals surface area contributed by atoms with E-state index in [4.69, 9.17) is 0 Å². The predicted molar refractivity (Wildman–Crippen MR) is 72.6 cm³/mol. The fourth-order valence-corrected chi connectivity index (χ4v) is 3.40. The highest BCUT2D eigenvalue weighted by atomic mass is 32.2. The average molecular weight is 286 g/mol. The van der Waals surface area contributed by atoms with Crippen LogP contribution in [0.1, 0.15) is 18.4 Å². The fraction of sp³-hybridized carbons (Fsp3) is 0.538. The lowest BCUT2D eigenvalue weighted by Gasteiger charge is -2.22. The molecule has 0 unspecified atom stereocenters. The molecule has 0 bridgehead atoms. The topological polar surface area (TPSA) is 58.2 Å². The van der Waals surface area contributed by atoms with Crippen molar-refractivity contribution in [3.63, 3.8) is 0 Å². The van der Waals surface area contributed by atoms with Crippen LogP contribution in [0.25, 0.3) is 0 Å². The normalized spacial score (nSPS) is 17.5. The zero-order valence-corrected chi connectivity index (χ0v) is 11.5. The minimum atomic E-state index is -3.34. The van der Waals surface area contributed by atoms with Gasteiger partial charge >= 0.3 is 0 Å². The molecule has 2 N–H and O–H groups in total. The lowest BCUT2D eigenvalue weighted by molar-refractivity contribution is 0.372. The van der Waals surface area contributed by atoms with Gasteiger partial charge in [0.25, 0.3) is 0 Å². The van der Waals surface area contributed by atoms with Gasteiger partial charge in [-0.1, -0.05) is 12.1 Å². The summed E-state index contributed by atoms with van der Waals surface area (Å²) in [7, 11) is -3.34. The SMILES string of the molecule is O=S(=O)(Cc1ccc(F)cc1)NCC1CCNCC1. The van der Waals surface area contributed by atoms with E-state index in [1.165, 1.54) is 24.3 Å². The van der Waals surface area contributed by atoms with Gasteiger partial charge in [-0.3, -0.25) is 0 Å². The van der Waals surface area contributed by atoms with Crippen molar-refractivity contribution < 1.29 is 12.8 Å². The number of benzene rings is 1. The van der Waals surface area contributed by atoms with E-state index in [1.54, 1.807) is 0 Å². The molecule has 1 aromatic rings. The van der Waals surface area contributed by atoms with Crippen LogP contribution in [0.15, 0.2) is 24.3 Å². The van der Waals surface area contributed by atoms with Crippen molar-refractivity contribution in [2.24, 2.45) is 5.92 Å². The number of halogens is 1. The number of hydrogen-bond acceptors (Lipinski definition) is 3. The molecule has 6 heteroatoms. The summed E-state index contributed by atoms with van der Waals surface area (Å²) in [4.78, 5) is 0. The molecule has 0 radical (unpaired) electrons. The molecule has 0 atom stereocenters. The predicted octanol–water partition coefficient (Wildman–Crippen LogP) is 1.24. The smallest absolute Gasteiger partial charge is 0.215 e. The number of nitrogens with one attached hydrogen (secondary N) is 2. The van der Waals surface area contributed by atoms with Crippen LogP contribution in [0.2, 0.25) is 0 Å². The van der Waals surface area contributed by atoms with Crippen molar-refractivity contribution >= 4 is 10.0 Å². The highest BCUT2D eigenvalue weighted by Gasteiger charge is 2.17. The standard InChI is InChI=1S/C13H19FN2O2S/c14-13-3-1-12(2-4-13)10-19(17,18)16-9-11-5-7-15-8-6-11/h1-4,11,15-16H,5-10H2. The summed E-state index contributed by atoms with van der Waals surface area (Å²) in [6.07, 6.45) is 2.00. The van der Waals surface area contributed by atoms with Gasteiger partial charge in [-0.05, 0) is 49.5 Å². The molecule has 1 heterocycles. The Morgan fingerprint density at radius 3 is 2.47 bits per heavy atom. The van der Waals surface area contributed by atoms with E-state index in [1.807, 2.05) is 0 Å². The van der Waals surface area contributed by atoms with Crippen LogP contribution in [0.5, 0.6) is 0 Å². The Kier molecular flexibility index (Phi) is 4.90. The van der Waals surface area contributed by atoms with Gasteiger partial charge in [0.2, 0.25) is 10.0 Å². The average Bonchev–Trinajstić information content (AvgIpc) is 2.40. The molecule has 0 amide bonds. The molecule has 2 rings (SSSR count). The van der Waals surface area contributed by atoms with E-state index < -0.39 is 10.0 Å². The van der Waals surface area contributed by atoms with Gasteiger partial charge in [-0.25, -0.2) is 17.5 Å². The van der Waals surface area contributed by atoms with Crippen molar-refractivity contribution in [2.75, 3.05) is 19.6 Å². The third-order valence-electron chi connectivity index (χ3n) is 3.32. The second kappa shape index (κ2) is 6.45. The highest BCUT2D eigenvalue weighted by molar-refractivity contribution is 7.88. The summed E-state index contributed by atoms with van der Waals surface area (Å²) in [5.74, 6) is -0.0498. The summed E-state index contributed by atoms with van der Waals surface area (Å²) in [6, 6.07) is 5.55. The summed E-state index contributed by atoms with van der Waals surface area (Å²) in [5.41, 5.74) is 0.596. The molecule has 1 fully saturated rings. The quantitative estimate of drug-likeness (QED) is 0.856. The first-order valence-electron chi connectivity index (χ1n) is 6.48. The minimum Gasteiger partial charge on any atom is -0.317 e. The molecular formula is C13H19FN2O2S. The van der Waals surface area contributed by atoms with Crippen LogP contribution < -0.4 is 10.0 Å². The molecule has 0 aromatic heterocycles. The Morgan fingerprint density at radius 2 is 1.84 bits per heavy atom. The molecule has 4 nitrogen and oxygen atoms in total. The van der Waals surface area contributed by atoms with Crippen molar-refractivity contribution in [3.8, 4) is 0 Å². The Hall–Kier alpha value is -0.980. The molecular weight excluding hydrogens is 267 g/mol. The first kappa shape index (κ1) is 14.4. The zero-order valence-electron chi connectivity index (χ0n) is 10.7. The van der Waals surface area contributed by atoms with Gasteiger partial charge in [-0.15, -0.1) is 0 Å². The monoisotopic (exact) mass is 286 g/mol. The number of piperidine rings is 1. The molecule has 0 spiro atoms. The van der Waals surface area contributed by atoms with Gasteiger partial charge in [0, 0.05) is 6.54 Å². The van der Waals surface area contributed by atoms with Crippen LogP contribution in [-0.4, -0.2) is 28.1 Å². The number of hydrogen-bond donors (Lipinski definition) is 2. The zero-order chi connectivity index (χ0) is 13.7. The van der Waals surface area contributed by atoms with Gasteiger partial charge in [0.05, 0.1) is 5.75 Å². The van der Waals surface area contributed by atoms with Crippen molar-refractivity contribution in [1.29, 1.82) is 0 Å². The number of sulfonamides is 1. The first-order valence-corrected chi connectivity index (χ1v) is 8.13. The third-order valence-corrected chi connectivity index (χ3v) is 4.64. The summed E-state index contributed by atoms with van der Waals surface area (Å²) >= 11 is 0. The van der Waals surface area contributed by atoms with Gasteiger partial charge < -0.3 is 5.32 Å². The summed E-state index contributed by atoms with van der Waals surface area (Å²) < 4.78 is 39.2. The molecule has 106 valence electrons. The van der Waals surface area contributed by atoms with E-state index in [2.05, 4.69) is 10.0 Å². The van der Waals surface area contributed by atoms with E-state index >= 15 is 0 Å². The molecule has 19 heavy (non-hydrogen) atoms. The molecule has 0 aliphatic carbocycles. The first-order chi connectivity index (χ1) is 9.05. The minimum absolute atomic E-state index is 0.0990. The Balaban J connectivity index is 1.85. The lowest BCUT2D eigenvalue weighted by atomic mass is 9.99. The van der Waals surface area contributed by atoms with Crippen LogP contribution in [0.4, 0.5) is 4.39 Å². The van der Waals surface area contributed by atoms with Crippen LogP contribution in [-0.2, 0) is 15.8 Å². The van der Waals surface area contributed by atoms with Crippen LogP contribution >= 0.6 is 0 Å². The molecule has 1 aromatic carbocycles. The molecule has 1 aliphatic rings. The van der Waals surface area contributed by atoms with Crippen molar-refractivity contribution in [2.45, 2.75) is 18.6 Å². The second-order valence-corrected chi connectivity index (χ2v) is 6.73. The van der Waals surface area contributed by atoms with Crippen molar-refractivity contribution in [1.82, 2.24) is 10.0 Å². The van der Waals surface area contributed by atoms with Crippen LogP contribution in [0.3, 0.4) is 0 Å². The molecule has 0 saturated carbocycles. The summed E-state index contributed by atoms with van der Waals surface area (Å²) in [6.45, 7) is 2.39. The fourth-order valence-electron chi connectivity index (χ4n) is 2.18. The summed E-state index contributed by atoms with van der Waals surface area (Å²) in [5, 5.41) is 3.24. The maximum Gasteiger partial charge on any atom is 0.215 e. The number of rotatable bonds is 5. The maximum atomic E-state index is 12.7. The highest BCUT2D eigenvalue weighted by Crippen LogP contribution is 2.11. The van der Waals surface area contributed by atoms with E-state index in [9.17, 15) is 12.8 Å². The largest absolute Gasteiger partial charge is 0.317 e. The third kappa shape index (κ3) is 4.89. The van der Waals surface area contributed by atoms with Gasteiger partial charge in [0.15, 0.2) is 0 Å². The molecule has 1 saturated heterocycles. The molecule has 1 aliphatic heterocycles. The van der Waals surface area contributed by atoms with Crippen molar-refractivity contribution in [3.05, 3.63) is 35.6 Å². The Bertz CT molecular complexity index is 496. The second-order valence-electron chi connectivity index (χ2n) is 4.93. The lowest BCUT2D eigenvalue weighted by Crippen LogP contribution is -2.36. The van der Waals surface area contributed by atoms with E-state index in [0.717, 1.165) is 25.9 Å². The maximum absolute atomic E-state index is 12.7. The van der Waals surface area contributed by atoms with E-state index in [0.29, 0.717) is 18.0 Å². The Labute approximate surface area is 113 Å². The van der Waals surface area contributed by atoms with E-state index in [-0.39, 0.29) is 11.6 Å².